The molecular formula is C14H20N2O2. The van der Waals surface area contributed by atoms with Crippen molar-refractivity contribution < 1.29 is 9.53 Å². The lowest BCUT2D eigenvalue weighted by molar-refractivity contribution is -0.121. The second-order valence-corrected chi connectivity index (χ2v) is 4.56. The highest BCUT2D eigenvalue weighted by Crippen LogP contribution is 2.13. The summed E-state index contributed by atoms with van der Waals surface area (Å²) in [6, 6.07) is 7.57. The minimum absolute atomic E-state index is 0.0627. The highest BCUT2D eigenvalue weighted by Gasteiger charge is 2.04. The molecule has 0 saturated carbocycles. The van der Waals surface area contributed by atoms with Crippen molar-refractivity contribution in [1.82, 2.24) is 5.43 Å². The summed E-state index contributed by atoms with van der Waals surface area (Å²) in [6.45, 7) is 5.85. The molecule has 0 radical (unpaired) electrons. The van der Waals surface area contributed by atoms with E-state index in [9.17, 15) is 4.79 Å². The minimum Gasteiger partial charge on any atom is -0.497 e. The quantitative estimate of drug-likeness (QED) is 0.643. The van der Waals surface area contributed by atoms with Crippen molar-refractivity contribution >= 4 is 11.6 Å². The number of nitrogens with zero attached hydrogens (tertiary/aromatic N) is 1. The molecule has 1 N–H and O–H groups in total. The van der Waals surface area contributed by atoms with E-state index in [1.54, 1.807) is 7.11 Å². The molecule has 0 bridgehead atoms. The summed E-state index contributed by atoms with van der Waals surface area (Å²) in [7, 11) is 1.62. The van der Waals surface area contributed by atoms with Gasteiger partial charge in [0.25, 0.3) is 0 Å². The van der Waals surface area contributed by atoms with Crippen LogP contribution in [0.2, 0.25) is 0 Å². The third-order valence-electron chi connectivity index (χ3n) is 2.43. The molecule has 0 aliphatic rings. The summed E-state index contributed by atoms with van der Waals surface area (Å²) < 4.78 is 5.14. The van der Waals surface area contributed by atoms with Gasteiger partial charge in [-0.1, -0.05) is 26.0 Å². The predicted octanol–water partition coefficient (Wildman–Crippen LogP) is 2.58. The van der Waals surface area contributed by atoms with Crippen LogP contribution < -0.4 is 10.2 Å². The van der Waals surface area contributed by atoms with Gasteiger partial charge >= 0.3 is 0 Å². The highest BCUT2D eigenvalue weighted by atomic mass is 16.5. The largest absolute Gasteiger partial charge is 0.497 e. The number of carbonyl (C=O) groups excluding carboxylic acids is 1. The number of hydrogen-bond acceptors (Lipinski definition) is 3. The van der Waals surface area contributed by atoms with E-state index in [1.807, 2.05) is 45.0 Å². The maximum Gasteiger partial charge on any atom is 0.240 e. The smallest absolute Gasteiger partial charge is 0.240 e. The average Bonchev–Trinajstić information content (AvgIpc) is 2.35. The SMILES string of the molecule is COc1cccc(C(C)=NNC(=O)CC(C)C)c1. The first kappa shape index (κ1) is 14.2. The number of benzene rings is 1. The van der Waals surface area contributed by atoms with Crippen LogP contribution in [0.5, 0.6) is 5.75 Å². The molecule has 4 heteroatoms. The second kappa shape index (κ2) is 6.79. The van der Waals surface area contributed by atoms with E-state index >= 15 is 0 Å². The Kier molecular flexibility index (Phi) is 5.36. The van der Waals surface area contributed by atoms with Crippen molar-refractivity contribution in [3.63, 3.8) is 0 Å². The molecule has 1 amide bonds. The van der Waals surface area contributed by atoms with Gasteiger partial charge in [-0.2, -0.15) is 5.10 Å². The number of nitrogens with one attached hydrogen (secondary N) is 1. The standard InChI is InChI=1S/C14H20N2O2/c1-10(2)8-14(17)16-15-11(3)12-6-5-7-13(9-12)18-4/h5-7,9-10H,8H2,1-4H3,(H,16,17). The number of hydrogen-bond donors (Lipinski definition) is 1. The molecular weight excluding hydrogens is 228 g/mol. The molecule has 98 valence electrons. The Bertz CT molecular complexity index is 439. The van der Waals surface area contributed by atoms with Crippen LogP contribution in [0.1, 0.15) is 32.8 Å². The lowest BCUT2D eigenvalue weighted by Crippen LogP contribution is -2.20. The third-order valence-corrected chi connectivity index (χ3v) is 2.43. The van der Waals surface area contributed by atoms with Crippen LogP contribution in [0.15, 0.2) is 29.4 Å². The summed E-state index contributed by atoms with van der Waals surface area (Å²) in [4.78, 5) is 11.5. The van der Waals surface area contributed by atoms with Gasteiger partial charge in [-0.15, -0.1) is 0 Å². The van der Waals surface area contributed by atoms with Crippen LogP contribution in [0, 0.1) is 5.92 Å². The van der Waals surface area contributed by atoms with E-state index in [0.717, 1.165) is 17.0 Å². The van der Waals surface area contributed by atoms with E-state index in [1.165, 1.54) is 0 Å². The minimum atomic E-state index is -0.0627. The first-order valence-corrected chi connectivity index (χ1v) is 6.00. The van der Waals surface area contributed by atoms with Gasteiger partial charge in [-0.25, -0.2) is 5.43 Å². The van der Waals surface area contributed by atoms with Crippen molar-refractivity contribution in [1.29, 1.82) is 0 Å². The van der Waals surface area contributed by atoms with Gasteiger partial charge in [0.2, 0.25) is 5.91 Å². The summed E-state index contributed by atoms with van der Waals surface area (Å²) in [5, 5.41) is 4.08. The summed E-state index contributed by atoms with van der Waals surface area (Å²) in [5.74, 6) is 1.04. The number of methoxy groups -OCH3 is 1. The Hall–Kier alpha value is -1.84. The molecule has 1 rings (SSSR count). The van der Waals surface area contributed by atoms with E-state index in [0.29, 0.717) is 12.3 Å². The molecule has 0 spiro atoms. The summed E-state index contributed by atoms with van der Waals surface area (Å²) in [5.41, 5.74) is 4.24. The van der Waals surface area contributed by atoms with Gasteiger partial charge in [0.15, 0.2) is 0 Å². The van der Waals surface area contributed by atoms with E-state index < -0.39 is 0 Å². The monoisotopic (exact) mass is 248 g/mol. The molecule has 0 saturated heterocycles. The molecule has 0 aliphatic heterocycles. The van der Waals surface area contributed by atoms with Crippen LogP contribution in [0.4, 0.5) is 0 Å². The van der Waals surface area contributed by atoms with Crippen molar-refractivity contribution in [2.75, 3.05) is 7.11 Å². The molecule has 0 atom stereocenters. The molecule has 0 unspecified atom stereocenters. The Morgan fingerprint density at radius 1 is 1.44 bits per heavy atom. The zero-order valence-electron chi connectivity index (χ0n) is 11.4. The number of ether oxygens (including phenoxy) is 1. The van der Waals surface area contributed by atoms with Gasteiger partial charge in [0, 0.05) is 12.0 Å². The van der Waals surface area contributed by atoms with E-state index in [-0.39, 0.29) is 5.91 Å². The lowest BCUT2D eigenvalue weighted by atomic mass is 10.1. The molecule has 18 heavy (non-hydrogen) atoms. The highest BCUT2D eigenvalue weighted by molar-refractivity contribution is 5.99. The number of carbonyl (C=O) groups is 1. The Labute approximate surface area is 108 Å². The normalized spacial score (nSPS) is 11.5. The van der Waals surface area contributed by atoms with Crippen molar-refractivity contribution in [2.24, 2.45) is 11.0 Å². The van der Waals surface area contributed by atoms with E-state index in [4.69, 9.17) is 4.74 Å². The molecule has 4 nitrogen and oxygen atoms in total. The number of rotatable bonds is 5. The molecule has 1 aromatic rings. The van der Waals surface area contributed by atoms with Gasteiger partial charge in [-0.3, -0.25) is 4.79 Å². The first-order chi connectivity index (χ1) is 8.52. The van der Waals surface area contributed by atoms with Gasteiger partial charge in [0.1, 0.15) is 5.75 Å². The fourth-order valence-electron chi connectivity index (χ4n) is 1.48. The third kappa shape index (κ3) is 4.57. The molecule has 0 heterocycles. The van der Waals surface area contributed by atoms with E-state index in [2.05, 4.69) is 10.5 Å². The maximum atomic E-state index is 11.5. The van der Waals surface area contributed by atoms with Crippen molar-refractivity contribution in [2.45, 2.75) is 27.2 Å². The van der Waals surface area contributed by atoms with Gasteiger partial charge < -0.3 is 4.74 Å². The maximum absolute atomic E-state index is 11.5. The number of hydrazone groups is 1. The second-order valence-electron chi connectivity index (χ2n) is 4.56. The van der Waals surface area contributed by atoms with Crippen LogP contribution in [-0.2, 0) is 4.79 Å². The van der Waals surface area contributed by atoms with Crippen LogP contribution in [0.25, 0.3) is 0 Å². The summed E-state index contributed by atoms with van der Waals surface area (Å²) >= 11 is 0. The Balaban J connectivity index is 2.68. The van der Waals surface area contributed by atoms with Crippen molar-refractivity contribution in [3.05, 3.63) is 29.8 Å². The predicted molar refractivity (Wildman–Crippen MR) is 72.8 cm³/mol. The van der Waals surface area contributed by atoms with Crippen LogP contribution in [-0.4, -0.2) is 18.7 Å². The van der Waals surface area contributed by atoms with Gasteiger partial charge in [0.05, 0.1) is 12.8 Å². The lowest BCUT2D eigenvalue weighted by Gasteiger charge is -2.06. The number of amides is 1. The van der Waals surface area contributed by atoms with Crippen molar-refractivity contribution in [3.8, 4) is 5.75 Å². The zero-order chi connectivity index (χ0) is 13.5. The fraction of sp³-hybridized carbons (Fsp3) is 0.429. The molecule has 1 aromatic carbocycles. The molecule has 0 fully saturated rings. The van der Waals surface area contributed by atoms with Crippen LogP contribution >= 0.6 is 0 Å². The average molecular weight is 248 g/mol. The Morgan fingerprint density at radius 3 is 2.78 bits per heavy atom. The fourth-order valence-corrected chi connectivity index (χ4v) is 1.48. The van der Waals surface area contributed by atoms with Gasteiger partial charge in [-0.05, 0) is 25.0 Å². The summed E-state index contributed by atoms with van der Waals surface area (Å²) in [6.07, 6.45) is 0.481. The zero-order valence-corrected chi connectivity index (χ0v) is 11.4. The van der Waals surface area contributed by atoms with Crippen LogP contribution in [0.3, 0.4) is 0 Å². The Morgan fingerprint density at radius 2 is 2.17 bits per heavy atom. The molecule has 0 aromatic heterocycles. The molecule has 0 aliphatic carbocycles. The topological polar surface area (TPSA) is 50.7 Å². The first-order valence-electron chi connectivity index (χ1n) is 6.00.